The Balaban J connectivity index is 0.00000363. The molecule has 0 unspecified atom stereocenters. The average Bonchev–Trinajstić information content (AvgIpc) is 2.76. The topological polar surface area (TPSA) is 108 Å². The molecule has 2 saturated heterocycles. The number of carbonyl (C=O) groups excluding carboxylic acids is 2. The molecule has 9 nitrogen and oxygen atoms in total. The number of amides is 2. The van der Waals surface area contributed by atoms with Gasteiger partial charge in [0.25, 0.3) is 0 Å². The number of piperidine rings is 1. The summed E-state index contributed by atoms with van der Waals surface area (Å²) in [6.45, 7) is 7.68. The molecule has 2 aliphatic heterocycles. The third kappa shape index (κ3) is 6.00. The maximum absolute atomic E-state index is 13.0. The number of hydrogen-bond acceptors (Lipinski definition) is 6. The zero-order valence-corrected chi connectivity index (χ0v) is 19.8. The van der Waals surface area contributed by atoms with E-state index >= 15 is 0 Å². The van der Waals surface area contributed by atoms with E-state index in [0.29, 0.717) is 19.4 Å². The first-order chi connectivity index (χ1) is 14.8. The van der Waals surface area contributed by atoms with Crippen molar-refractivity contribution in [2.75, 3.05) is 45.9 Å². The van der Waals surface area contributed by atoms with Gasteiger partial charge in [-0.2, -0.15) is 4.31 Å². The normalized spacial score (nSPS) is 19.0. The molecule has 0 spiro atoms. The largest absolute Gasteiger partial charge is 0.450 e. The lowest BCUT2D eigenvalue weighted by atomic mass is 9.87. The van der Waals surface area contributed by atoms with Gasteiger partial charge in [0.1, 0.15) is 0 Å². The molecule has 32 heavy (non-hydrogen) atoms. The summed E-state index contributed by atoms with van der Waals surface area (Å²) >= 11 is 0. The minimum Gasteiger partial charge on any atom is -0.450 e. The van der Waals surface area contributed by atoms with Crippen molar-refractivity contribution >= 4 is 40.5 Å². The molecule has 0 radical (unpaired) electrons. The van der Waals surface area contributed by atoms with Gasteiger partial charge in [-0.1, -0.05) is 24.8 Å². The van der Waals surface area contributed by atoms with Crippen LogP contribution in [0.2, 0.25) is 0 Å². The number of piperazine rings is 1. The van der Waals surface area contributed by atoms with E-state index in [1.807, 2.05) is 0 Å². The molecule has 2 N–H and O–H groups in total. The quantitative estimate of drug-likeness (QED) is 0.604. The average molecular weight is 487 g/mol. The van der Waals surface area contributed by atoms with E-state index in [2.05, 4.69) is 17.2 Å². The molecule has 178 valence electrons. The van der Waals surface area contributed by atoms with E-state index in [1.165, 1.54) is 16.4 Å². The van der Waals surface area contributed by atoms with Crippen LogP contribution in [0.3, 0.4) is 0 Å². The molecular formula is C21H31ClN4O5S. The fourth-order valence-electron chi connectivity index (χ4n) is 3.96. The van der Waals surface area contributed by atoms with Crippen molar-refractivity contribution in [3.63, 3.8) is 0 Å². The molecule has 11 heteroatoms. The van der Waals surface area contributed by atoms with Gasteiger partial charge in [-0.3, -0.25) is 4.79 Å². The van der Waals surface area contributed by atoms with Crippen LogP contribution in [-0.4, -0.2) is 81.0 Å². The number of hydrogen-bond donors (Lipinski definition) is 2. The van der Waals surface area contributed by atoms with Crippen LogP contribution in [0.1, 0.15) is 25.3 Å². The Bertz CT molecular complexity index is 917. The first-order valence-corrected chi connectivity index (χ1v) is 11.9. The number of nitrogens with one attached hydrogen (secondary N) is 2. The molecule has 2 heterocycles. The predicted octanol–water partition coefficient (Wildman–Crippen LogP) is 1.45. The van der Waals surface area contributed by atoms with E-state index in [-0.39, 0.29) is 49.5 Å². The third-order valence-corrected chi connectivity index (χ3v) is 7.59. The number of alkyl carbamates (subject to hydrolysis) is 1. The van der Waals surface area contributed by atoms with Crippen molar-refractivity contribution in [1.82, 2.24) is 19.8 Å². The predicted molar refractivity (Wildman–Crippen MR) is 124 cm³/mol. The fourth-order valence-corrected chi connectivity index (χ4v) is 5.34. The number of rotatable bonds is 7. The summed E-state index contributed by atoms with van der Waals surface area (Å²) in [6.07, 6.45) is 2.46. The second kappa shape index (κ2) is 11.1. The SMILES string of the molecule is C=Cc1ccc(S(=O)(=O)N2CCN(CC3(NC(=O)OCC)CCNCC3)C(=O)C2)cc1.Cl. The van der Waals surface area contributed by atoms with E-state index < -0.39 is 21.7 Å². The van der Waals surface area contributed by atoms with Crippen LogP contribution in [0.25, 0.3) is 6.08 Å². The van der Waals surface area contributed by atoms with Crippen LogP contribution < -0.4 is 10.6 Å². The summed E-state index contributed by atoms with van der Waals surface area (Å²) < 4.78 is 32.2. The van der Waals surface area contributed by atoms with Crippen molar-refractivity contribution in [1.29, 1.82) is 0 Å². The molecule has 1 aromatic rings. The molecule has 2 fully saturated rings. The van der Waals surface area contributed by atoms with E-state index in [0.717, 1.165) is 18.7 Å². The van der Waals surface area contributed by atoms with Crippen molar-refractivity contribution in [3.8, 4) is 0 Å². The van der Waals surface area contributed by atoms with Gasteiger partial charge in [-0.15, -0.1) is 12.4 Å². The van der Waals surface area contributed by atoms with E-state index in [9.17, 15) is 18.0 Å². The van der Waals surface area contributed by atoms with Crippen LogP contribution >= 0.6 is 12.4 Å². The van der Waals surface area contributed by atoms with Gasteiger partial charge in [-0.05, 0) is 50.6 Å². The number of ether oxygens (including phenoxy) is 1. The summed E-state index contributed by atoms with van der Waals surface area (Å²) in [5, 5.41) is 6.20. The van der Waals surface area contributed by atoms with Crippen LogP contribution in [-0.2, 0) is 19.6 Å². The van der Waals surface area contributed by atoms with Gasteiger partial charge in [0, 0.05) is 19.6 Å². The first-order valence-electron chi connectivity index (χ1n) is 10.5. The second-order valence-electron chi connectivity index (χ2n) is 7.80. The molecule has 0 aromatic heterocycles. The summed E-state index contributed by atoms with van der Waals surface area (Å²) in [6, 6.07) is 6.41. The molecular weight excluding hydrogens is 456 g/mol. The summed E-state index contributed by atoms with van der Waals surface area (Å²) in [7, 11) is -3.77. The Labute approximate surface area is 195 Å². The molecule has 0 aliphatic carbocycles. The number of carbonyl (C=O) groups is 2. The Hall–Kier alpha value is -2.14. The molecule has 0 atom stereocenters. The summed E-state index contributed by atoms with van der Waals surface area (Å²) in [5.41, 5.74) is 0.232. The smallest absolute Gasteiger partial charge is 0.407 e. The van der Waals surface area contributed by atoms with Crippen LogP contribution in [0, 0.1) is 0 Å². The molecule has 2 amide bonds. The minimum absolute atomic E-state index is 0. The molecule has 1 aromatic carbocycles. The number of nitrogens with zero attached hydrogens (tertiary/aromatic N) is 2. The lowest BCUT2D eigenvalue weighted by Gasteiger charge is -2.43. The summed E-state index contributed by atoms with van der Waals surface area (Å²) in [4.78, 5) is 26.7. The monoisotopic (exact) mass is 486 g/mol. The van der Waals surface area contributed by atoms with Crippen LogP contribution in [0.15, 0.2) is 35.7 Å². The van der Waals surface area contributed by atoms with Gasteiger partial charge in [0.2, 0.25) is 15.9 Å². The van der Waals surface area contributed by atoms with Gasteiger partial charge >= 0.3 is 6.09 Å². The fraction of sp³-hybridized carbons (Fsp3) is 0.524. The second-order valence-corrected chi connectivity index (χ2v) is 9.74. The van der Waals surface area contributed by atoms with Crippen molar-refractivity contribution in [2.45, 2.75) is 30.2 Å². The standard InChI is InChI=1S/C21H30N4O5S.ClH/c1-3-17-5-7-18(8-6-17)31(28,29)25-14-13-24(19(26)15-25)16-21(9-11-22-12-10-21)23-20(27)30-4-2;/h3,5-8,22H,1,4,9-16H2,2H3,(H,23,27);1H. The van der Waals surface area contributed by atoms with Crippen molar-refractivity contribution < 1.29 is 22.7 Å². The Morgan fingerprint density at radius 1 is 1.25 bits per heavy atom. The number of halogens is 1. The minimum atomic E-state index is -3.77. The Morgan fingerprint density at radius 2 is 1.91 bits per heavy atom. The zero-order chi connectivity index (χ0) is 22.5. The number of sulfonamides is 1. The van der Waals surface area contributed by atoms with Crippen molar-refractivity contribution in [3.05, 3.63) is 36.4 Å². The van der Waals surface area contributed by atoms with Gasteiger partial charge < -0.3 is 20.3 Å². The van der Waals surface area contributed by atoms with Crippen LogP contribution in [0.4, 0.5) is 4.79 Å². The van der Waals surface area contributed by atoms with Gasteiger partial charge in [-0.25, -0.2) is 13.2 Å². The zero-order valence-electron chi connectivity index (χ0n) is 18.2. The van der Waals surface area contributed by atoms with Gasteiger partial charge in [0.15, 0.2) is 0 Å². The lowest BCUT2D eigenvalue weighted by molar-refractivity contribution is -0.135. The Morgan fingerprint density at radius 3 is 2.47 bits per heavy atom. The molecule has 0 saturated carbocycles. The molecule has 3 rings (SSSR count). The Kier molecular flexibility index (Phi) is 9.08. The van der Waals surface area contributed by atoms with Crippen LogP contribution in [0.5, 0.6) is 0 Å². The van der Waals surface area contributed by atoms with E-state index in [4.69, 9.17) is 4.74 Å². The summed E-state index contributed by atoms with van der Waals surface area (Å²) in [5.74, 6) is -0.277. The maximum Gasteiger partial charge on any atom is 0.407 e. The first kappa shape index (κ1) is 26.1. The highest BCUT2D eigenvalue weighted by atomic mass is 35.5. The highest BCUT2D eigenvalue weighted by Crippen LogP contribution is 2.24. The number of benzene rings is 1. The highest BCUT2D eigenvalue weighted by Gasteiger charge is 2.40. The highest BCUT2D eigenvalue weighted by molar-refractivity contribution is 7.89. The molecule has 2 aliphatic rings. The van der Waals surface area contributed by atoms with Crippen molar-refractivity contribution in [2.24, 2.45) is 0 Å². The van der Waals surface area contributed by atoms with Gasteiger partial charge in [0.05, 0.1) is 23.6 Å². The third-order valence-electron chi connectivity index (χ3n) is 5.73. The maximum atomic E-state index is 13.0. The lowest BCUT2D eigenvalue weighted by Crippen LogP contribution is -2.63. The van der Waals surface area contributed by atoms with E-state index in [1.54, 1.807) is 30.0 Å². The molecule has 0 bridgehead atoms.